The number of nitrogens with zero attached hydrogens (tertiary/aromatic N) is 3. The largest absolute Gasteiger partial charge is 0.490 e. The number of aliphatic imine (C=N–C) groups is 1. The van der Waals surface area contributed by atoms with Gasteiger partial charge in [-0.3, -0.25) is 10.2 Å². The molecule has 33 heavy (non-hydrogen) atoms. The smallest absolute Gasteiger partial charge is 0.343 e. The Hall–Kier alpha value is -3.43. The minimum absolute atomic E-state index is 0.0443. The van der Waals surface area contributed by atoms with Crippen LogP contribution in [0.4, 0.5) is 0 Å². The topological polar surface area (TPSA) is 104 Å². The highest BCUT2D eigenvalue weighted by molar-refractivity contribution is 8.26. The number of hydrazone groups is 1. The van der Waals surface area contributed by atoms with Gasteiger partial charge in [0.1, 0.15) is 5.04 Å². The van der Waals surface area contributed by atoms with Crippen LogP contribution in [0, 0.1) is 5.41 Å². The van der Waals surface area contributed by atoms with Crippen molar-refractivity contribution in [3.63, 3.8) is 0 Å². The van der Waals surface area contributed by atoms with E-state index >= 15 is 0 Å². The number of carbonyl (C=O) groups excluding carboxylic acids is 2. The zero-order valence-electron chi connectivity index (χ0n) is 17.8. The average Bonchev–Trinajstić information content (AvgIpc) is 3.22. The molecule has 2 aromatic rings. The Bertz CT molecular complexity index is 1240. The number of halogens is 1. The molecule has 0 radical (unpaired) electrons. The van der Waals surface area contributed by atoms with Gasteiger partial charge in [-0.1, -0.05) is 24.6 Å². The minimum atomic E-state index is -0.555. The van der Waals surface area contributed by atoms with Gasteiger partial charge in [0.25, 0.3) is 5.91 Å². The zero-order chi connectivity index (χ0) is 23.5. The molecule has 2 heterocycles. The van der Waals surface area contributed by atoms with E-state index in [-0.39, 0.29) is 17.2 Å². The number of hydrogen-bond donors (Lipinski definition) is 1. The summed E-state index contributed by atoms with van der Waals surface area (Å²) in [7, 11) is 0. The van der Waals surface area contributed by atoms with E-state index in [1.807, 2.05) is 6.92 Å². The monoisotopic (exact) mass is 482 g/mol. The van der Waals surface area contributed by atoms with Crippen LogP contribution < -0.4 is 9.47 Å². The van der Waals surface area contributed by atoms with E-state index in [0.29, 0.717) is 40.1 Å². The van der Waals surface area contributed by atoms with Crippen molar-refractivity contribution in [2.24, 2.45) is 10.1 Å². The second-order valence-corrected chi connectivity index (χ2v) is 8.38. The van der Waals surface area contributed by atoms with Gasteiger partial charge >= 0.3 is 5.97 Å². The van der Waals surface area contributed by atoms with Crippen molar-refractivity contribution in [3.05, 3.63) is 64.2 Å². The van der Waals surface area contributed by atoms with Gasteiger partial charge in [0, 0.05) is 5.02 Å². The molecule has 0 spiro atoms. The maximum atomic E-state index is 12.6. The summed E-state index contributed by atoms with van der Waals surface area (Å²) in [5.74, 6) is -0.547. The van der Waals surface area contributed by atoms with E-state index in [1.54, 1.807) is 55.5 Å². The summed E-state index contributed by atoms with van der Waals surface area (Å²) in [4.78, 5) is 29.1. The normalized spacial score (nSPS) is 16.5. The molecule has 0 aliphatic carbocycles. The highest BCUT2D eigenvalue weighted by Gasteiger charge is 2.35. The van der Waals surface area contributed by atoms with Crippen molar-refractivity contribution in [2.45, 2.75) is 20.3 Å². The fraction of sp³-hybridized carbons (Fsp3) is 0.174. The minimum Gasteiger partial charge on any atom is -0.490 e. The van der Waals surface area contributed by atoms with Crippen molar-refractivity contribution >= 4 is 57.4 Å². The maximum absolute atomic E-state index is 12.6. The molecule has 0 saturated heterocycles. The Morgan fingerprint density at radius 1 is 1.18 bits per heavy atom. The second kappa shape index (κ2) is 9.60. The number of rotatable bonds is 6. The average molecular weight is 483 g/mol. The van der Waals surface area contributed by atoms with Gasteiger partial charge < -0.3 is 9.47 Å². The highest BCUT2D eigenvalue weighted by atomic mass is 35.5. The van der Waals surface area contributed by atoms with E-state index in [9.17, 15) is 9.59 Å². The van der Waals surface area contributed by atoms with Crippen LogP contribution in [0.3, 0.4) is 0 Å². The van der Waals surface area contributed by atoms with Gasteiger partial charge in [0.05, 0.1) is 17.7 Å². The summed E-state index contributed by atoms with van der Waals surface area (Å²) in [6, 6.07) is 11.2. The molecule has 0 bridgehead atoms. The lowest BCUT2D eigenvalue weighted by atomic mass is 10.1. The van der Waals surface area contributed by atoms with Crippen LogP contribution in [0.15, 0.2) is 58.1 Å². The summed E-state index contributed by atoms with van der Waals surface area (Å²) >= 11 is 7.16. The van der Waals surface area contributed by atoms with Crippen LogP contribution in [-0.2, 0) is 4.79 Å². The van der Waals surface area contributed by atoms with Crippen LogP contribution in [0.25, 0.3) is 6.08 Å². The first-order chi connectivity index (χ1) is 15.9. The molecule has 8 nitrogen and oxygen atoms in total. The van der Waals surface area contributed by atoms with Crippen LogP contribution in [-0.4, -0.2) is 39.5 Å². The Morgan fingerprint density at radius 2 is 1.94 bits per heavy atom. The molecule has 2 aliphatic heterocycles. The summed E-state index contributed by atoms with van der Waals surface area (Å²) in [6.45, 7) is 4.10. The fourth-order valence-electron chi connectivity index (χ4n) is 3.05. The van der Waals surface area contributed by atoms with Gasteiger partial charge in [0.2, 0.25) is 5.17 Å². The lowest BCUT2D eigenvalue weighted by Gasteiger charge is -2.20. The third-order valence-electron chi connectivity index (χ3n) is 4.66. The first kappa shape index (κ1) is 22.8. The summed E-state index contributed by atoms with van der Waals surface area (Å²) in [5, 5.41) is 15.8. The SMILES string of the molecule is CCOc1cc(/C=C2\C(=N)N3N=C(CC)SC3=NC2=O)ccc1OC(=O)c1ccc(Cl)cc1. The molecule has 0 fully saturated rings. The molecule has 0 atom stereocenters. The van der Waals surface area contributed by atoms with Crippen molar-refractivity contribution in [1.29, 1.82) is 5.41 Å². The number of nitrogens with one attached hydrogen (secondary N) is 1. The molecule has 2 aliphatic rings. The first-order valence-electron chi connectivity index (χ1n) is 10.1. The number of amides is 1. The van der Waals surface area contributed by atoms with E-state index in [1.165, 1.54) is 16.8 Å². The van der Waals surface area contributed by atoms with Gasteiger partial charge in [-0.2, -0.15) is 15.1 Å². The number of carbonyl (C=O) groups is 2. The molecule has 1 N–H and O–H groups in total. The molecular formula is C23H19ClN4O4S. The van der Waals surface area contributed by atoms with Crippen LogP contribution in [0.2, 0.25) is 5.02 Å². The predicted octanol–water partition coefficient (Wildman–Crippen LogP) is 4.99. The van der Waals surface area contributed by atoms with Crippen molar-refractivity contribution in [3.8, 4) is 11.5 Å². The lowest BCUT2D eigenvalue weighted by Crippen LogP contribution is -2.35. The maximum Gasteiger partial charge on any atom is 0.343 e. The van der Waals surface area contributed by atoms with E-state index in [4.69, 9.17) is 26.5 Å². The molecule has 168 valence electrons. The summed E-state index contributed by atoms with van der Waals surface area (Å²) < 4.78 is 11.1. The lowest BCUT2D eigenvalue weighted by molar-refractivity contribution is -0.114. The van der Waals surface area contributed by atoms with Gasteiger partial charge in [-0.05, 0) is 73.1 Å². The van der Waals surface area contributed by atoms with Crippen LogP contribution in [0.1, 0.15) is 36.2 Å². The second-order valence-electron chi connectivity index (χ2n) is 6.90. The molecule has 0 unspecified atom stereocenters. The molecule has 4 rings (SSSR count). The Morgan fingerprint density at radius 3 is 2.64 bits per heavy atom. The summed E-state index contributed by atoms with van der Waals surface area (Å²) in [6.07, 6.45) is 2.23. The van der Waals surface area contributed by atoms with Crippen molar-refractivity contribution in [1.82, 2.24) is 5.01 Å². The number of amidine groups is 2. The number of fused-ring (bicyclic) bond motifs is 1. The van der Waals surface area contributed by atoms with Crippen LogP contribution >= 0.6 is 23.4 Å². The predicted molar refractivity (Wildman–Crippen MR) is 129 cm³/mol. The van der Waals surface area contributed by atoms with E-state index in [0.717, 1.165) is 5.04 Å². The molecule has 1 amide bonds. The van der Waals surface area contributed by atoms with Gasteiger partial charge in [-0.25, -0.2) is 4.79 Å². The van der Waals surface area contributed by atoms with E-state index < -0.39 is 11.9 Å². The standard InChI is InChI=1S/C23H19ClN4O4S/c1-3-19-27-28-20(25)16(21(29)26-23(28)33-19)11-13-5-10-17(18(12-13)31-4-2)32-22(30)14-6-8-15(24)9-7-14/h5-12,25H,3-4H2,1-2H3/b16-11+,25-20?. The third kappa shape index (κ3) is 4.84. The highest BCUT2D eigenvalue weighted by Crippen LogP contribution is 2.32. The van der Waals surface area contributed by atoms with E-state index in [2.05, 4.69) is 10.1 Å². The number of esters is 1. The Labute approximate surface area is 199 Å². The zero-order valence-corrected chi connectivity index (χ0v) is 19.4. The first-order valence-corrected chi connectivity index (χ1v) is 11.3. The number of thioether (sulfide) groups is 1. The third-order valence-corrected chi connectivity index (χ3v) is 5.96. The number of hydrogen-bond acceptors (Lipinski definition) is 7. The molecule has 0 aromatic heterocycles. The number of benzene rings is 2. The number of ether oxygens (including phenoxy) is 2. The van der Waals surface area contributed by atoms with Gasteiger partial charge in [-0.15, -0.1) is 0 Å². The van der Waals surface area contributed by atoms with Crippen molar-refractivity contribution < 1.29 is 19.1 Å². The molecule has 10 heteroatoms. The Kier molecular flexibility index (Phi) is 6.62. The van der Waals surface area contributed by atoms with Crippen molar-refractivity contribution in [2.75, 3.05) is 6.61 Å². The molecular weight excluding hydrogens is 464 g/mol. The van der Waals surface area contributed by atoms with Gasteiger partial charge in [0.15, 0.2) is 17.3 Å². The Balaban J connectivity index is 1.61. The summed E-state index contributed by atoms with van der Waals surface area (Å²) in [5.41, 5.74) is 1.04. The molecule has 0 saturated carbocycles. The molecule has 2 aromatic carbocycles. The quantitative estimate of drug-likeness (QED) is 0.353. The van der Waals surface area contributed by atoms with Crippen LogP contribution in [0.5, 0.6) is 11.5 Å². The fourth-order valence-corrected chi connectivity index (χ4v) is 4.00.